The smallest absolute Gasteiger partial charge is 0.0793 e. The van der Waals surface area contributed by atoms with Crippen LogP contribution < -0.4 is 0 Å². The third-order valence-electron chi connectivity index (χ3n) is 3.11. The van der Waals surface area contributed by atoms with Crippen molar-refractivity contribution in [1.82, 2.24) is 0 Å². The van der Waals surface area contributed by atoms with E-state index in [0.717, 1.165) is 16.5 Å². The van der Waals surface area contributed by atoms with Crippen molar-refractivity contribution in [2.24, 2.45) is 5.92 Å². The molecule has 3 heteroatoms. The fourth-order valence-electron chi connectivity index (χ4n) is 1.90. The van der Waals surface area contributed by atoms with Crippen molar-refractivity contribution in [3.8, 4) is 0 Å². The molecule has 0 radical (unpaired) electrons. The number of benzene rings is 1. The van der Waals surface area contributed by atoms with Gasteiger partial charge in [-0.25, -0.2) is 0 Å². The molecule has 1 nitrogen and oxygen atoms in total. The molecule has 2 rings (SSSR count). The Morgan fingerprint density at radius 3 is 2.73 bits per heavy atom. The highest BCUT2D eigenvalue weighted by Crippen LogP contribution is 2.35. The lowest BCUT2D eigenvalue weighted by Crippen LogP contribution is -2.14. The van der Waals surface area contributed by atoms with Gasteiger partial charge in [-0.05, 0) is 46.0 Å². The average Bonchev–Trinajstić information content (AvgIpc) is 2.15. The third-order valence-corrected chi connectivity index (χ3v) is 4.34. The van der Waals surface area contributed by atoms with Gasteiger partial charge in [0.1, 0.15) is 0 Å². The molecular formula is C12H14BrClO. The van der Waals surface area contributed by atoms with E-state index in [1.807, 2.05) is 18.2 Å². The van der Waals surface area contributed by atoms with Gasteiger partial charge in [-0.15, -0.1) is 0 Å². The Hall–Kier alpha value is -0.0500. The van der Waals surface area contributed by atoms with E-state index in [1.54, 1.807) is 0 Å². The van der Waals surface area contributed by atoms with E-state index in [0.29, 0.717) is 10.9 Å². The second-order valence-corrected chi connectivity index (χ2v) is 5.48. The Balaban J connectivity index is 2.03. The van der Waals surface area contributed by atoms with Crippen LogP contribution in [0.2, 0.25) is 5.02 Å². The van der Waals surface area contributed by atoms with E-state index in [2.05, 4.69) is 15.9 Å². The number of halogens is 2. The van der Waals surface area contributed by atoms with Crippen LogP contribution in [0.25, 0.3) is 0 Å². The second kappa shape index (κ2) is 4.86. The lowest BCUT2D eigenvalue weighted by molar-refractivity contribution is 0.118. The van der Waals surface area contributed by atoms with Crippen LogP contribution in [0.15, 0.2) is 22.7 Å². The molecule has 0 bridgehead atoms. The summed E-state index contributed by atoms with van der Waals surface area (Å²) in [6.45, 7) is 0. The largest absolute Gasteiger partial charge is 0.388 e. The fraction of sp³-hybridized carbons (Fsp3) is 0.500. The van der Waals surface area contributed by atoms with Gasteiger partial charge < -0.3 is 5.11 Å². The summed E-state index contributed by atoms with van der Waals surface area (Å²) in [5.41, 5.74) is 0.926. The molecule has 82 valence electrons. The van der Waals surface area contributed by atoms with E-state index in [1.165, 1.54) is 19.3 Å². The molecule has 1 aromatic rings. The van der Waals surface area contributed by atoms with Crippen LogP contribution in [0, 0.1) is 5.92 Å². The first-order valence-corrected chi connectivity index (χ1v) is 6.47. The predicted octanol–water partition coefficient (Wildman–Crippen LogP) is 4.33. The summed E-state index contributed by atoms with van der Waals surface area (Å²) in [4.78, 5) is 0. The summed E-state index contributed by atoms with van der Waals surface area (Å²) in [7, 11) is 0. The molecule has 1 aliphatic rings. The van der Waals surface area contributed by atoms with E-state index < -0.39 is 0 Å². The van der Waals surface area contributed by atoms with Crippen molar-refractivity contribution >= 4 is 27.5 Å². The highest BCUT2D eigenvalue weighted by molar-refractivity contribution is 9.10. The molecule has 0 amide bonds. The monoisotopic (exact) mass is 288 g/mol. The maximum atomic E-state index is 10.00. The normalized spacial score (nSPS) is 18.6. The van der Waals surface area contributed by atoms with E-state index in [9.17, 15) is 5.11 Å². The Bertz CT molecular complexity index is 349. The lowest BCUT2D eigenvalue weighted by atomic mass is 9.80. The van der Waals surface area contributed by atoms with E-state index in [-0.39, 0.29) is 6.10 Å². The summed E-state index contributed by atoms with van der Waals surface area (Å²) in [6, 6.07) is 5.66. The summed E-state index contributed by atoms with van der Waals surface area (Å²) < 4.78 is 0.878. The average molecular weight is 290 g/mol. The molecule has 1 N–H and O–H groups in total. The van der Waals surface area contributed by atoms with Gasteiger partial charge >= 0.3 is 0 Å². The molecule has 0 saturated heterocycles. The number of rotatable bonds is 3. The minimum atomic E-state index is -0.360. The van der Waals surface area contributed by atoms with Gasteiger partial charge in [0.15, 0.2) is 0 Å². The number of hydrogen-bond acceptors (Lipinski definition) is 1. The third kappa shape index (κ3) is 2.74. The predicted molar refractivity (Wildman–Crippen MR) is 66.1 cm³/mol. The van der Waals surface area contributed by atoms with Crippen LogP contribution in [0.4, 0.5) is 0 Å². The van der Waals surface area contributed by atoms with E-state index >= 15 is 0 Å². The zero-order valence-electron chi connectivity index (χ0n) is 8.42. The highest BCUT2D eigenvalue weighted by atomic mass is 79.9. The number of aliphatic hydroxyl groups is 1. The number of hydrogen-bond donors (Lipinski definition) is 1. The maximum absolute atomic E-state index is 10.00. The van der Waals surface area contributed by atoms with Crippen molar-refractivity contribution in [2.45, 2.75) is 31.8 Å². The van der Waals surface area contributed by atoms with Crippen molar-refractivity contribution in [3.63, 3.8) is 0 Å². The van der Waals surface area contributed by atoms with Crippen LogP contribution in [0.3, 0.4) is 0 Å². The molecule has 15 heavy (non-hydrogen) atoms. The van der Waals surface area contributed by atoms with Gasteiger partial charge in [0.25, 0.3) is 0 Å². The zero-order chi connectivity index (χ0) is 10.8. The first-order chi connectivity index (χ1) is 7.16. The van der Waals surface area contributed by atoms with Crippen molar-refractivity contribution in [2.75, 3.05) is 0 Å². The van der Waals surface area contributed by atoms with Gasteiger partial charge in [-0.1, -0.05) is 36.9 Å². The Labute approximate surface area is 104 Å². The molecule has 1 unspecified atom stereocenters. The molecule has 1 fully saturated rings. The van der Waals surface area contributed by atoms with Crippen LogP contribution in [0.5, 0.6) is 0 Å². The minimum absolute atomic E-state index is 0.360. The molecule has 1 saturated carbocycles. The van der Waals surface area contributed by atoms with Gasteiger partial charge in [0.05, 0.1) is 11.1 Å². The SMILES string of the molecule is OC(CC1CCC1)c1ccc(Br)c(Cl)c1. The highest BCUT2D eigenvalue weighted by Gasteiger charge is 2.21. The van der Waals surface area contributed by atoms with Gasteiger partial charge in [0, 0.05) is 4.47 Å². The van der Waals surface area contributed by atoms with Crippen LogP contribution in [-0.4, -0.2) is 5.11 Å². The van der Waals surface area contributed by atoms with Gasteiger partial charge in [0.2, 0.25) is 0 Å². The molecule has 0 aromatic heterocycles. The van der Waals surface area contributed by atoms with Crippen LogP contribution >= 0.6 is 27.5 Å². The fourth-order valence-corrected chi connectivity index (χ4v) is 2.34. The summed E-state index contributed by atoms with van der Waals surface area (Å²) in [5, 5.41) is 10.7. The summed E-state index contributed by atoms with van der Waals surface area (Å²) in [5.74, 6) is 0.711. The second-order valence-electron chi connectivity index (χ2n) is 4.22. The molecule has 1 aromatic carbocycles. The van der Waals surface area contributed by atoms with E-state index in [4.69, 9.17) is 11.6 Å². The summed E-state index contributed by atoms with van der Waals surface area (Å²) in [6.07, 6.45) is 4.36. The Morgan fingerprint density at radius 1 is 1.47 bits per heavy atom. The summed E-state index contributed by atoms with van der Waals surface area (Å²) >= 11 is 9.32. The zero-order valence-corrected chi connectivity index (χ0v) is 10.8. The standard InChI is InChI=1S/C12H14BrClO/c13-10-5-4-9(7-11(10)14)12(15)6-8-2-1-3-8/h4-5,7-8,12,15H,1-3,6H2. The lowest BCUT2D eigenvalue weighted by Gasteiger charge is -2.27. The quantitative estimate of drug-likeness (QED) is 0.878. The molecule has 0 aliphatic heterocycles. The van der Waals surface area contributed by atoms with Gasteiger partial charge in [-0.2, -0.15) is 0 Å². The first-order valence-electron chi connectivity index (χ1n) is 5.30. The van der Waals surface area contributed by atoms with Crippen molar-refractivity contribution in [3.05, 3.63) is 33.3 Å². The van der Waals surface area contributed by atoms with Gasteiger partial charge in [-0.3, -0.25) is 0 Å². The molecule has 0 heterocycles. The first kappa shape index (κ1) is 11.4. The topological polar surface area (TPSA) is 20.2 Å². The van der Waals surface area contributed by atoms with Crippen LogP contribution in [0.1, 0.15) is 37.4 Å². The number of aliphatic hydroxyl groups excluding tert-OH is 1. The Morgan fingerprint density at radius 2 is 2.20 bits per heavy atom. The van der Waals surface area contributed by atoms with Crippen molar-refractivity contribution in [1.29, 1.82) is 0 Å². The molecule has 0 spiro atoms. The van der Waals surface area contributed by atoms with Crippen molar-refractivity contribution < 1.29 is 5.11 Å². The minimum Gasteiger partial charge on any atom is -0.388 e. The molecular weight excluding hydrogens is 275 g/mol. The molecule has 1 atom stereocenters. The molecule has 1 aliphatic carbocycles. The Kier molecular flexibility index (Phi) is 3.70. The maximum Gasteiger partial charge on any atom is 0.0793 e. The van der Waals surface area contributed by atoms with Crippen LogP contribution in [-0.2, 0) is 0 Å².